The van der Waals surface area contributed by atoms with Crippen molar-refractivity contribution < 1.29 is 19.1 Å². The standard InChI is InChI=1S/C18H18FN3O3/c19-15-5-1-2-6-16(15)22-7-3-4-14(11-22)21-17(23)12-8-13(18(24)25)10-20-9-12/h1-2,5-6,8-10,14H,3-4,7,11H2,(H,21,23)(H,24,25). The number of hydrogen-bond donors (Lipinski definition) is 2. The third-order valence-electron chi connectivity index (χ3n) is 4.20. The molecule has 130 valence electrons. The second-order valence-electron chi connectivity index (χ2n) is 5.98. The van der Waals surface area contributed by atoms with E-state index in [1.165, 1.54) is 24.5 Å². The molecular formula is C18H18FN3O3. The first-order valence-corrected chi connectivity index (χ1v) is 8.03. The van der Waals surface area contributed by atoms with E-state index >= 15 is 0 Å². The summed E-state index contributed by atoms with van der Waals surface area (Å²) in [5, 5.41) is 11.9. The lowest BCUT2D eigenvalue weighted by Gasteiger charge is -2.34. The lowest BCUT2D eigenvalue weighted by molar-refractivity contribution is 0.0696. The molecule has 1 atom stereocenters. The maximum atomic E-state index is 14.0. The van der Waals surface area contributed by atoms with E-state index < -0.39 is 5.97 Å². The summed E-state index contributed by atoms with van der Waals surface area (Å²) in [5.41, 5.74) is 0.684. The van der Waals surface area contributed by atoms with Crippen molar-refractivity contribution in [2.75, 3.05) is 18.0 Å². The van der Waals surface area contributed by atoms with Gasteiger partial charge in [-0.25, -0.2) is 9.18 Å². The number of aromatic nitrogens is 1. The fraction of sp³-hybridized carbons (Fsp3) is 0.278. The molecule has 1 fully saturated rings. The first kappa shape index (κ1) is 16.9. The molecule has 0 saturated carbocycles. The Morgan fingerprint density at radius 2 is 2.00 bits per heavy atom. The van der Waals surface area contributed by atoms with Crippen molar-refractivity contribution in [3.8, 4) is 0 Å². The Morgan fingerprint density at radius 1 is 1.24 bits per heavy atom. The van der Waals surface area contributed by atoms with Gasteiger partial charge in [0.2, 0.25) is 0 Å². The lowest BCUT2D eigenvalue weighted by atomic mass is 10.0. The molecule has 1 aromatic carbocycles. The summed E-state index contributed by atoms with van der Waals surface area (Å²) in [5.74, 6) is -1.80. The summed E-state index contributed by atoms with van der Waals surface area (Å²) < 4.78 is 14.0. The van der Waals surface area contributed by atoms with Crippen LogP contribution in [-0.4, -0.2) is 41.1 Å². The highest BCUT2D eigenvalue weighted by molar-refractivity contribution is 5.97. The number of piperidine rings is 1. The zero-order valence-electron chi connectivity index (χ0n) is 13.5. The average Bonchev–Trinajstić information content (AvgIpc) is 2.62. The number of hydrogen-bond acceptors (Lipinski definition) is 4. The minimum absolute atomic E-state index is 0.0377. The van der Waals surface area contributed by atoms with Gasteiger partial charge < -0.3 is 15.3 Å². The van der Waals surface area contributed by atoms with E-state index in [1.807, 2.05) is 4.90 Å². The number of benzene rings is 1. The molecule has 1 saturated heterocycles. The summed E-state index contributed by atoms with van der Waals surface area (Å²) in [7, 11) is 0. The molecule has 1 aromatic heterocycles. The number of carboxylic acids is 1. The van der Waals surface area contributed by atoms with Crippen molar-refractivity contribution in [1.29, 1.82) is 0 Å². The van der Waals surface area contributed by atoms with E-state index in [1.54, 1.807) is 18.2 Å². The van der Waals surface area contributed by atoms with Crippen LogP contribution in [0.2, 0.25) is 0 Å². The summed E-state index contributed by atoms with van der Waals surface area (Å²) >= 11 is 0. The highest BCUT2D eigenvalue weighted by Crippen LogP contribution is 2.23. The Hall–Kier alpha value is -2.96. The number of aromatic carboxylic acids is 1. The Morgan fingerprint density at radius 3 is 2.76 bits per heavy atom. The monoisotopic (exact) mass is 343 g/mol. The van der Waals surface area contributed by atoms with Crippen molar-refractivity contribution in [3.63, 3.8) is 0 Å². The molecule has 1 unspecified atom stereocenters. The lowest BCUT2D eigenvalue weighted by Crippen LogP contribution is -2.48. The zero-order valence-corrected chi connectivity index (χ0v) is 13.5. The topological polar surface area (TPSA) is 82.5 Å². The predicted octanol–water partition coefficient (Wildman–Crippen LogP) is 2.32. The van der Waals surface area contributed by atoms with Gasteiger partial charge in [0.1, 0.15) is 5.82 Å². The molecule has 2 heterocycles. The number of amides is 1. The van der Waals surface area contributed by atoms with Crippen LogP contribution >= 0.6 is 0 Å². The molecule has 6 nitrogen and oxygen atoms in total. The van der Waals surface area contributed by atoms with Gasteiger partial charge in [-0.1, -0.05) is 12.1 Å². The molecule has 2 aromatic rings. The molecule has 0 spiro atoms. The van der Waals surface area contributed by atoms with E-state index in [9.17, 15) is 14.0 Å². The van der Waals surface area contributed by atoms with E-state index in [0.29, 0.717) is 12.2 Å². The Bertz CT molecular complexity index is 797. The fourth-order valence-electron chi connectivity index (χ4n) is 2.97. The van der Waals surface area contributed by atoms with Crippen LogP contribution in [0.1, 0.15) is 33.6 Å². The number of anilines is 1. The highest BCUT2D eigenvalue weighted by atomic mass is 19.1. The van der Waals surface area contributed by atoms with Crippen molar-refractivity contribution in [2.24, 2.45) is 0 Å². The van der Waals surface area contributed by atoms with Crippen molar-refractivity contribution >= 4 is 17.6 Å². The van der Waals surface area contributed by atoms with Gasteiger partial charge in [0.25, 0.3) is 5.91 Å². The Balaban J connectivity index is 1.68. The number of pyridine rings is 1. The van der Waals surface area contributed by atoms with Crippen molar-refractivity contribution in [3.05, 3.63) is 59.7 Å². The van der Waals surface area contributed by atoms with Gasteiger partial charge >= 0.3 is 5.97 Å². The maximum Gasteiger partial charge on any atom is 0.337 e. The molecule has 0 bridgehead atoms. The largest absolute Gasteiger partial charge is 0.478 e. The number of carboxylic acid groups (broad SMARTS) is 1. The molecule has 1 aliphatic heterocycles. The molecule has 7 heteroatoms. The van der Waals surface area contributed by atoms with Gasteiger partial charge in [-0.05, 0) is 31.0 Å². The quantitative estimate of drug-likeness (QED) is 0.890. The van der Waals surface area contributed by atoms with Gasteiger partial charge in [0, 0.05) is 31.5 Å². The first-order chi connectivity index (χ1) is 12.0. The molecule has 0 aliphatic carbocycles. The Kier molecular flexibility index (Phi) is 4.92. The maximum absolute atomic E-state index is 14.0. The van der Waals surface area contributed by atoms with E-state index in [4.69, 9.17) is 5.11 Å². The van der Waals surface area contributed by atoms with Crippen LogP contribution in [0.4, 0.5) is 10.1 Å². The smallest absolute Gasteiger partial charge is 0.337 e. The molecule has 25 heavy (non-hydrogen) atoms. The van der Waals surface area contributed by atoms with Crippen LogP contribution in [-0.2, 0) is 0 Å². The van der Waals surface area contributed by atoms with Gasteiger partial charge in [-0.3, -0.25) is 9.78 Å². The third-order valence-corrected chi connectivity index (χ3v) is 4.20. The van der Waals surface area contributed by atoms with Crippen molar-refractivity contribution in [1.82, 2.24) is 10.3 Å². The summed E-state index contributed by atoms with van der Waals surface area (Å²) in [6.45, 7) is 1.22. The number of rotatable bonds is 4. The number of nitrogens with one attached hydrogen (secondary N) is 1. The van der Waals surface area contributed by atoms with Gasteiger partial charge in [0.15, 0.2) is 0 Å². The molecule has 1 amide bonds. The number of halogens is 1. The van der Waals surface area contributed by atoms with E-state index in [2.05, 4.69) is 10.3 Å². The van der Waals surface area contributed by atoms with Gasteiger partial charge in [0.05, 0.1) is 16.8 Å². The Labute approximate surface area is 144 Å². The summed E-state index contributed by atoms with van der Waals surface area (Å²) in [6, 6.07) is 7.71. The predicted molar refractivity (Wildman–Crippen MR) is 90.3 cm³/mol. The number of carbonyl (C=O) groups is 2. The normalized spacial score (nSPS) is 17.2. The highest BCUT2D eigenvalue weighted by Gasteiger charge is 2.24. The summed E-state index contributed by atoms with van der Waals surface area (Å²) in [6.07, 6.45) is 4.13. The minimum Gasteiger partial charge on any atom is -0.478 e. The van der Waals surface area contributed by atoms with Crippen LogP contribution < -0.4 is 10.2 Å². The molecule has 3 rings (SSSR count). The minimum atomic E-state index is -1.13. The average molecular weight is 343 g/mol. The zero-order chi connectivity index (χ0) is 17.8. The summed E-state index contributed by atoms with van der Waals surface area (Å²) in [4.78, 5) is 29.0. The van der Waals surface area contributed by atoms with Crippen LogP contribution in [0.25, 0.3) is 0 Å². The van der Waals surface area contributed by atoms with Crippen LogP contribution in [0, 0.1) is 5.82 Å². The van der Waals surface area contributed by atoms with Gasteiger partial charge in [-0.15, -0.1) is 0 Å². The number of para-hydroxylation sites is 1. The first-order valence-electron chi connectivity index (χ1n) is 8.03. The van der Waals surface area contributed by atoms with Gasteiger partial charge in [-0.2, -0.15) is 0 Å². The van der Waals surface area contributed by atoms with E-state index in [-0.39, 0.29) is 28.9 Å². The third kappa shape index (κ3) is 3.93. The number of nitrogens with zero attached hydrogens (tertiary/aromatic N) is 2. The van der Waals surface area contributed by atoms with E-state index in [0.717, 1.165) is 19.4 Å². The SMILES string of the molecule is O=C(O)c1cncc(C(=O)NC2CCCN(c3ccccc3F)C2)c1. The molecular weight excluding hydrogens is 325 g/mol. The second kappa shape index (κ2) is 7.29. The van der Waals surface area contributed by atoms with Crippen LogP contribution in [0.3, 0.4) is 0 Å². The van der Waals surface area contributed by atoms with Crippen LogP contribution in [0.15, 0.2) is 42.7 Å². The molecule has 2 N–H and O–H groups in total. The number of carbonyl (C=O) groups excluding carboxylic acids is 1. The van der Waals surface area contributed by atoms with Crippen molar-refractivity contribution in [2.45, 2.75) is 18.9 Å². The second-order valence-corrected chi connectivity index (χ2v) is 5.98. The fourth-order valence-corrected chi connectivity index (χ4v) is 2.97. The molecule has 0 radical (unpaired) electrons. The van der Waals surface area contributed by atoms with Crippen LogP contribution in [0.5, 0.6) is 0 Å². The molecule has 1 aliphatic rings.